The molecule has 0 radical (unpaired) electrons. The van der Waals surface area contributed by atoms with E-state index in [4.69, 9.17) is 14.2 Å². The van der Waals surface area contributed by atoms with E-state index in [0.29, 0.717) is 6.54 Å². The van der Waals surface area contributed by atoms with E-state index in [1.165, 1.54) is 0 Å². The summed E-state index contributed by atoms with van der Waals surface area (Å²) in [5.74, 6) is 3.12. The molecular weight excluding hydrogens is 465 g/mol. The number of methoxy groups -OCH3 is 2. The number of nitrogens with zero attached hydrogens (tertiary/aromatic N) is 1. The summed E-state index contributed by atoms with van der Waals surface area (Å²) in [5, 5.41) is 13.4. The number of halogens is 2. The van der Waals surface area contributed by atoms with E-state index in [0.717, 1.165) is 59.3 Å². The normalized spacial score (nSPS) is 11.2. The Kier molecular flexibility index (Phi) is 12.7. The van der Waals surface area contributed by atoms with Crippen molar-refractivity contribution in [2.75, 3.05) is 33.9 Å². The Morgan fingerprint density at radius 2 is 1.70 bits per heavy atom. The number of aliphatic hydroxyl groups excluding tert-OH is 1. The van der Waals surface area contributed by atoms with Crippen molar-refractivity contribution < 1.29 is 19.3 Å². The molecule has 2 aromatic carbocycles. The SMILES string of the molecule is COc1ccc(CCNC[C@H](O)COc2ccc(Cc3ncc(C)[nH]3)cc2)cc1OC.Cl.Cl. The van der Waals surface area contributed by atoms with E-state index in [1.54, 1.807) is 14.2 Å². The largest absolute Gasteiger partial charge is 0.493 e. The quantitative estimate of drug-likeness (QED) is 0.330. The van der Waals surface area contributed by atoms with Gasteiger partial charge in [-0.1, -0.05) is 18.2 Å². The summed E-state index contributed by atoms with van der Waals surface area (Å²) in [4.78, 5) is 7.56. The van der Waals surface area contributed by atoms with Crippen molar-refractivity contribution in [2.45, 2.75) is 25.9 Å². The van der Waals surface area contributed by atoms with Gasteiger partial charge >= 0.3 is 0 Å². The van der Waals surface area contributed by atoms with Gasteiger partial charge in [-0.05, 0) is 55.3 Å². The number of benzene rings is 2. The number of nitrogens with one attached hydrogen (secondary N) is 2. The molecule has 1 heterocycles. The maximum absolute atomic E-state index is 10.2. The number of rotatable bonds is 12. The first-order valence-electron chi connectivity index (χ1n) is 10.4. The van der Waals surface area contributed by atoms with Gasteiger partial charge in [0, 0.05) is 24.9 Å². The van der Waals surface area contributed by atoms with Crippen LogP contribution in [-0.2, 0) is 12.8 Å². The molecule has 0 aliphatic carbocycles. The molecule has 0 fully saturated rings. The fourth-order valence-corrected chi connectivity index (χ4v) is 3.24. The van der Waals surface area contributed by atoms with Gasteiger partial charge in [0.1, 0.15) is 24.3 Å². The van der Waals surface area contributed by atoms with Gasteiger partial charge in [-0.2, -0.15) is 0 Å². The lowest BCUT2D eigenvalue weighted by molar-refractivity contribution is 0.106. The van der Waals surface area contributed by atoms with Gasteiger partial charge in [-0.15, -0.1) is 24.8 Å². The summed E-state index contributed by atoms with van der Waals surface area (Å²) in [7, 11) is 3.25. The van der Waals surface area contributed by atoms with Gasteiger partial charge < -0.3 is 29.6 Å². The molecule has 9 heteroatoms. The monoisotopic (exact) mass is 497 g/mol. The highest BCUT2D eigenvalue weighted by Crippen LogP contribution is 2.27. The Morgan fingerprint density at radius 1 is 1.00 bits per heavy atom. The van der Waals surface area contributed by atoms with Crippen molar-refractivity contribution >= 4 is 24.8 Å². The Balaban J connectivity index is 0.00000272. The van der Waals surface area contributed by atoms with E-state index in [9.17, 15) is 5.11 Å². The van der Waals surface area contributed by atoms with E-state index < -0.39 is 6.10 Å². The number of aromatic amines is 1. The zero-order valence-electron chi connectivity index (χ0n) is 19.2. The molecular formula is C24H33Cl2N3O4. The van der Waals surface area contributed by atoms with Crippen LogP contribution < -0.4 is 19.5 Å². The number of aromatic nitrogens is 2. The van der Waals surface area contributed by atoms with Crippen LogP contribution >= 0.6 is 24.8 Å². The molecule has 3 N–H and O–H groups in total. The van der Waals surface area contributed by atoms with E-state index in [2.05, 4.69) is 15.3 Å². The molecule has 33 heavy (non-hydrogen) atoms. The second-order valence-electron chi connectivity index (χ2n) is 7.44. The van der Waals surface area contributed by atoms with Gasteiger partial charge in [-0.25, -0.2) is 4.98 Å². The number of H-pyrrole nitrogens is 1. The van der Waals surface area contributed by atoms with E-state index >= 15 is 0 Å². The fourth-order valence-electron chi connectivity index (χ4n) is 3.24. The second-order valence-corrected chi connectivity index (χ2v) is 7.44. The predicted molar refractivity (Wildman–Crippen MR) is 135 cm³/mol. The Hall–Kier alpha value is -2.45. The molecule has 7 nitrogen and oxygen atoms in total. The van der Waals surface area contributed by atoms with Crippen molar-refractivity contribution in [1.82, 2.24) is 15.3 Å². The minimum absolute atomic E-state index is 0. The number of aryl methyl sites for hydroxylation is 1. The van der Waals surface area contributed by atoms with Gasteiger partial charge in [0.15, 0.2) is 11.5 Å². The molecule has 0 saturated carbocycles. The van der Waals surface area contributed by atoms with Crippen molar-refractivity contribution in [3.63, 3.8) is 0 Å². The summed E-state index contributed by atoms with van der Waals surface area (Å²) in [6, 6.07) is 13.8. The smallest absolute Gasteiger partial charge is 0.160 e. The standard InChI is InChI=1S/C24H31N3O4.2ClH/c1-17-14-26-24(27-17)13-18-4-7-21(8-5-18)31-16-20(28)15-25-11-10-19-6-9-22(29-2)23(12-19)30-3;;/h4-9,12,14,20,25,28H,10-11,13,15-16H2,1-3H3,(H,26,27);2*1H/t20-;;/m0../s1. The molecule has 0 aliphatic heterocycles. The minimum atomic E-state index is -0.587. The molecule has 0 unspecified atom stereocenters. The highest BCUT2D eigenvalue weighted by molar-refractivity contribution is 5.85. The summed E-state index contributed by atoms with van der Waals surface area (Å²) >= 11 is 0. The van der Waals surface area contributed by atoms with Crippen molar-refractivity contribution in [3.8, 4) is 17.2 Å². The summed E-state index contributed by atoms with van der Waals surface area (Å²) in [5.41, 5.74) is 3.35. The molecule has 0 spiro atoms. The van der Waals surface area contributed by atoms with Gasteiger partial charge in [-0.3, -0.25) is 0 Å². The van der Waals surface area contributed by atoms with Crippen LogP contribution in [0.15, 0.2) is 48.7 Å². The molecule has 0 aliphatic rings. The van der Waals surface area contributed by atoms with Crippen LogP contribution in [0.5, 0.6) is 17.2 Å². The van der Waals surface area contributed by atoms with E-state index in [-0.39, 0.29) is 31.4 Å². The van der Waals surface area contributed by atoms with Crippen molar-refractivity contribution in [1.29, 1.82) is 0 Å². The first-order valence-corrected chi connectivity index (χ1v) is 10.4. The predicted octanol–water partition coefficient (Wildman–Crippen LogP) is 3.74. The topological polar surface area (TPSA) is 88.6 Å². The minimum Gasteiger partial charge on any atom is -0.493 e. The highest BCUT2D eigenvalue weighted by atomic mass is 35.5. The Bertz CT molecular complexity index is 951. The van der Waals surface area contributed by atoms with Crippen LogP contribution in [0.4, 0.5) is 0 Å². The third-order valence-corrected chi connectivity index (χ3v) is 4.91. The van der Waals surface area contributed by atoms with Crippen LogP contribution in [0.2, 0.25) is 0 Å². The van der Waals surface area contributed by atoms with Crippen molar-refractivity contribution in [2.24, 2.45) is 0 Å². The average molecular weight is 498 g/mol. The molecule has 0 bridgehead atoms. The van der Waals surface area contributed by atoms with Crippen molar-refractivity contribution in [3.05, 3.63) is 71.3 Å². The Labute approximate surface area is 207 Å². The van der Waals surface area contributed by atoms with Gasteiger partial charge in [0.2, 0.25) is 0 Å². The average Bonchev–Trinajstić information content (AvgIpc) is 3.20. The fraction of sp³-hybridized carbons (Fsp3) is 0.375. The molecule has 0 amide bonds. The highest BCUT2D eigenvalue weighted by Gasteiger charge is 2.07. The number of hydrogen-bond acceptors (Lipinski definition) is 6. The molecule has 182 valence electrons. The van der Waals surface area contributed by atoms with Gasteiger partial charge in [0.25, 0.3) is 0 Å². The number of aliphatic hydroxyl groups is 1. The molecule has 1 aromatic heterocycles. The van der Waals surface area contributed by atoms with E-state index in [1.807, 2.05) is 55.6 Å². The van der Waals surface area contributed by atoms with Crippen LogP contribution in [0, 0.1) is 6.92 Å². The number of ether oxygens (including phenoxy) is 3. The maximum atomic E-state index is 10.2. The molecule has 1 atom stereocenters. The lowest BCUT2D eigenvalue weighted by Gasteiger charge is -2.14. The lowest BCUT2D eigenvalue weighted by Crippen LogP contribution is -2.32. The summed E-state index contributed by atoms with van der Waals surface area (Å²) in [6.45, 7) is 3.43. The maximum Gasteiger partial charge on any atom is 0.160 e. The zero-order chi connectivity index (χ0) is 22.1. The number of imidazole rings is 1. The first kappa shape index (κ1) is 28.6. The molecule has 3 aromatic rings. The van der Waals surface area contributed by atoms with Crippen LogP contribution in [0.25, 0.3) is 0 Å². The Morgan fingerprint density at radius 3 is 2.33 bits per heavy atom. The summed E-state index contributed by atoms with van der Waals surface area (Å²) < 4.78 is 16.3. The molecule has 3 rings (SSSR count). The molecule has 0 saturated heterocycles. The first-order chi connectivity index (χ1) is 15.1. The van der Waals surface area contributed by atoms with Crippen LogP contribution in [-0.4, -0.2) is 55.1 Å². The lowest BCUT2D eigenvalue weighted by atomic mass is 10.1. The third kappa shape index (κ3) is 9.14. The van der Waals surface area contributed by atoms with Crippen LogP contribution in [0.3, 0.4) is 0 Å². The third-order valence-electron chi connectivity index (χ3n) is 4.91. The second kappa shape index (κ2) is 14.6. The summed E-state index contributed by atoms with van der Waals surface area (Å²) in [6.07, 6.45) is 2.82. The van der Waals surface area contributed by atoms with Crippen LogP contribution in [0.1, 0.15) is 22.6 Å². The zero-order valence-corrected chi connectivity index (χ0v) is 20.8. The van der Waals surface area contributed by atoms with Gasteiger partial charge in [0.05, 0.1) is 14.2 Å². The number of hydrogen-bond donors (Lipinski definition) is 3.